The van der Waals surface area contributed by atoms with Crippen LogP contribution in [0.5, 0.6) is 5.75 Å². The number of hydrogen-bond donors (Lipinski definition) is 2. The Balaban J connectivity index is 1.29. The van der Waals surface area contributed by atoms with Gasteiger partial charge in [0.1, 0.15) is 23.6 Å². The van der Waals surface area contributed by atoms with E-state index in [0.717, 1.165) is 32.1 Å². The number of phenolic OH excluding ortho intramolecular Hbond substituents is 1. The highest BCUT2D eigenvalue weighted by Gasteiger charge is 2.48. The van der Waals surface area contributed by atoms with E-state index < -0.39 is 12.0 Å². The number of aryl methyl sites for hydroxylation is 1. The summed E-state index contributed by atoms with van der Waals surface area (Å²) in [5, 5.41) is 14.0. The molecule has 6 rings (SSSR count). The van der Waals surface area contributed by atoms with Gasteiger partial charge in [0.2, 0.25) is 0 Å². The van der Waals surface area contributed by atoms with Crippen molar-refractivity contribution in [2.75, 3.05) is 4.90 Å². The summed E-state index contributed by atoms with van der Waals surface area (Å²) >= 11 is 0. The van der Waals surface area contributed by atoms with E-state index in [2.05, 4.69) is 20.2 Å². The van der Waals surface area contributed by atoms with Crippen LogP contribution in [0, 0.1) is 5.82 Å². The standard InChI is InChI=1S/C26H27F2N5O2/c1-32-7-6-14(8-25(32)35)17-11-23(34)18(10-19(17)27)21-12-30-24(13-29-21)33(16-3-4-16)22-9-15-2-5-20(31-15)26(22)28/h6-8,10-13,15-16,20,22,26,31,34H,2-5,9H2,1H3/t15?,20?,22-,26+/m0/s1. The summed E-state index contributed by atoms with van der Waals surface area (Å²) < 4.78 is 31.7. The minimum absolute atomic E-state index is 0.101. The number of hydrogen-bond acceptors (Lipinski definition) is 6. The zero-order valence-corrected chi connectivity index (χ0v) is 19.4. The Morgan fingerprint density at radius 2 is 1.94 bits per heavy atom. The van der Waals surface area contributed by atoms with E-state index in [0.29, 0.717) is 23.1 Å². The maximum absolute atomic E-state index is 15.3. The van der Waals surface area contributed by atoms with Gasteiger partial charge in [-0.25, -0.2) is 13.8 Å². The van der Waals surface area contributed by atoms with Crippen LogP contribution in [0.4, 0.5) is 14.6 Å². The lowest BCUT2D eigenvalue weighted by molar-refractivity contribution is 0.171. The molecular weight excluding hydrogens is 452 g/mol. The number of nitrogens with zero attached hydrogens (tertiary/aromatic N) is 4. The third kappa shape index (κ3) is 3.97. The molecular formula is C26H27F2N5O2. The van der Waals surface area contributed by atoms with Gasteiger partial charge in [0.15, 0.2) is 0 Å². The van der Waals surface area contributed by atoms with E-state index in [1.807, 2.05) is 0 Å². The molecule has 3 fully saturated rings. The predicted octanol–water partition coefficient (Wildman–Crippen LogP) is 3.55. The predicted molar refractivity (Wildman–Crippen MR) is 129 cm³/mol. The van der Waals surface area contributed by atoms with Gasteiger partial charge in [0, 0.05) is 48.6 Å². The molecule has 1 aliphatic carbocycles. The molecule has 3 aliphatic rings. The first kappa shape index (κ1) is 22.2. The highest BCUT2D eigenvalue weighted by Crippen LogP contribution is 2.40. The van der Waals surface area contributed by atoms with Crippen LogP contribution < -0.4 is 15.8 Å². The van der Waals surface area contributed by atoms with E-state index in [9.17, 15) is 14.3 Å². The van der Waals surface area contributed by atoms with Crippen molar-refractivity contribution in [1.82, 2.24) is 19.9 Å². The number of fused-ring (bicyclic) bond motifs is 2. The summed E-state index contributed by atoms with van der Waals surface area (Å²) in [7, 11) is 1.61. The van der Waals surface area contributed by atoms with E-state index in [-0.39, 0.29) is 40.6 Å². The molecule has 35 heavy (non-hydrogen) atoms. The Kier molecular flexibility index (Phi) is 5.32. The van der Waals surface area contributed by atoms with E-state index in [1.54, 1.807) is 25.5 Å². The lowest BCUT2D eigenvalue weighted by Crippen LogP contribution is -2.57. The topological polar surface area (TPSA) is 83.3 Å². The van der Waals surface area contributed by atoms with Crippen molar-refractivity contribution in [1.29, 1.82) is 0 Å². The maximum Gasteiger partial charge on any atom is 0.250 e. The molecule has 1 aromatic carbocycles. The maximum atomic E-state index is 15.3. The van der Waals surface area contributed by atoms with E-state index >= 15 is 4.39 Å². The Labute approximate surface area is 201 Å². The molecule has 2 unspecified atom stereocenters. The lowest BCUT2D eigenvalue weighted by atomic mass is 9.96. The molecule has 2 bridgehead atoms. The summed E-state index contributed by atoms with van der Waals surface area (Å²) in [6, 6.07) is 5.71. The lowest BCUT2D eigenvalue weighted by Gasteiger charge is -2.41. The second-order valence-corrected chi connectivity index (χ2v) is 9.91. The number of rotatable bonds is 5. The van der Waals surface area contributed by atoms with Crippen molar-refractivity contribution in [2.45, 2.75) is 62.4 Å². The van der Waals surface area contributed by atoms with Crippen molar-refractivity contribution in [3.8, 4) is 28.1 Å². The molecule has 2 N–H and O–H groups in total. The molecule has 4 heterocycles. The SMILES string of the molecule is Cn1ccc(-c2cc(O)c(-c3cnc(N(C4CC4)[C@H]4CC5CCC(N5)[C@H]4F)cn3)cc2F)cc1=O. The van der Waals surface area contributed by atoms with E-state index in [4.69, 9.17) is 0 Å². The third-order valence-electron chi connectivity index (χ3n) is 7.53. The Morgan fingerprint density at radius 1 is 1.11 bits per heavy atom. The van der Waals surface area contributed by atoms with Gasteiger partial charge in [0.25, 0.3) is 5.56 Å². The average Bonchev–Trinajstić information content (AvgIpc) is 3.60. The molecule has 2 aromatic heterocycles. The second kappa shape index (κ2) is 8.41. The van der Waals surface area contributed by atoms with Crippen molar-refractivity contribution in [3.63, 3.8) is 0 Å². The summed E-state index contributed by atoms with van der Waals surface area (Å²) in [4.78, 5) is 23.1. The third-order valence-corrected chi connectivity index (χ3v) is 7.53. The van der Waals surface area contributed by atoms with Gasteiger partial charge in [-0.15, -0.1) is 0 Å². The number of anilines is 1. The number of aromatic nitrogens is 3. The Bertz CT molecular complexity index is 1320. The fourth-order valence-corrected chi connectivity index (χ4v) is 5.52. The van der Waals surface area contributed by atoms with Crippen LogP contribution in [-0.2, 0) is 7.05 Å². The molecule has 3 aromatic rings. The van der Waals surface area contributed by atoms with Crippen molar-refractivity contribution < 1.29 is 13.9 Å². The average molecular weight is 480 g/mol. The number of nitrogens with one attached hydrogen (secondary N) is 1. The summed E-state index contributed by atoms with van der Waals surface area (Å²) in [5.41, 5.74) is 0.757. The largest absolute Gasteiger partial charge is 0.507 e. The number of benzene rings is 1. The number of pyridine rings is 1. The van der Waals surface area contributed by atoms with Gasteiger partial charge in [-0.2, -0.15) is 0 Å². The molecule has 0 amide bonds. The fourth-order valence-electron chi connectivity index (χ4n) is 5.52. The number of piperidine rings is 1. The van der Waals surface area contributed by atoms with Gasteiger partial charge < -0.3 is 19.9 Å². The van der Waals surface area contributed by atoms with Crippen LogP contribution in [0.1, 0.15) is 32.1 Å². The number of phenols is 1. The highest BCUT2D eigenvalue weighted by molar-refractivity contribution is 5.74. The molecule has 0 radical (unpaired) electrons. The Morgan fingerprint density at radius 3 is 2.66 bits per heavy atom. The van der Waals surface area contributed by atoms with Crippen molar-refractivity contribution in [3.05, 3.63) is 59.0 Å². The first-order valence-electron chi connectivity index (χ1n) is 12.1. The first-order chi connectivity index (χ1) is 16.9. The van der Waals surface area contributed by atoms with Crippen LogP contribution in [0.25, 0.3) is 22.4 Å². The number of aromatic hydroxyl groups is 1. The van der Waals surface area contributed by atoms with Crippen LogP contribution in [0.2, 0.25) is 0 Å². The molecule has 4 atom stereocenters. The number of alkyl halides is 1. The molecule has 1 saturated carbocycles. The highest BCUT2D eigenvalue weighted by atomic mass is 19.1. The van der Waals surface area contributed by atoms with Gasteiger partial charge in [-0.1, -0.05) is 0 Å². The Hall–Kier alpha value is -3.33. The van der Waals surface area contributed by atoms with Crippen LogP contribution >= 0.6 is 0 Å². The quantitative estimate of drug-likeness (QED) is 0.583. The molecule has 7 nitrogen and oxygen atoms in total. The normalized spacial score (nSPS) is 25.6. The zero-order valence-electron chi connectivity index (χ0n) is 19.4. The minimum Gasteiger partial charge on any atom is -0.507 e. The molecule has 9 heteroatoms. The molecule has 2 aliphatic heterocycles. The molecule has 0 spiro atoms. The van der Waals surface area contributed by atoms with Gasteiger partial charge in [-0.05, 0) is 55.9 Å². The van der Waals surface area contributed by atoms with Gasteiger partial charge in [-0.3, -0.25) is 9.78 Å². The number of halogens is 2. The zero-order chi connectivity index (χ0) is 24.3. The van der Waals surface area contributed by atoms with Crippen molar-refractivity contribution in [2.24, 2.45) is 7.05 Å². The fraction of sp³-hybridized carbons (Fsp3) is 0.423. The summed E-state index contributed by atoms with van der Waals surface area (Å²) in [5.74, 6) is -0.133. The summed E-state index contributed by atoms with van der Waals surface area (Å²) in [6.07, 6.45) is 8.30. The minimum atomic E-state index is -0.962. The second-order valence-electron chi connectivity index (χ2n) is 9.91. The molecule has 2 saturated heterocycles. The van der Waals surface area contributed by atoms with Gasteiger partial charge in [0.05, 0.1) is 24.1 Å². The van der Waals surface area contributed by atoms with Gasteiger partial charge >= 0.3 is 0 Å². The van der Waals surface area contributed by atoms with E-state index in [1.165, 1.54) is 29.0 Å². The smallest absolute Gasteiger partial charge is 0.250 e. The van der Waals surface area contributed by atoms with Crippen LogP contribution in [-0.4, -0.2) is 50.0 Å². The molecule has 182 valence electrons. The van der Waals surface area contributed by atoms with Crippen molar-refractivity contribution >= 4 is 5.82 Å². The summed E-state index contributed by atoms with van der Waals surface area (Å²) in [6.45, 7) is 0. The van der Waals surface area contributed by atoms with Crippen LogP contribution in [0.15, 0.2) is 47.7 Å². The monoisotopic (exact) mass is 479 g/mol. The first-order valence-corrected chi connectivity index (χ1v) is 12.1. The van der Waals surface area contributed by atoms with Crippen LogP contribution in [0.3, 0.4) is 0 Å².